The number of imide groups is 1. The second kappa shape index (κ2) is 22.1. The van der Waals surface area contributed by atoms with Crippen molar-refractivity contribution in [3.8, 4) is 0 Å². The lowest BCUT2D eigenvalue weighted by molar-refractivity contribution is -0.135. The summed E-state index contributed by atoms with van der Waals surface area (Å²) in [5.74, 6) is 2.11. The first kappa shape index (κ1) is 45.5. The largest absolute Gasteiger partial charge is 0.369 e. The highest BCUT2D eigenvalue weighted by molar-refractivity contribution is 6.09. The zero-order valence-corrected chi connectivity index (χ0v) is 36.1. The molecule has 0 spiro atoms. The summed E-state index contributed by atoms with van der Waals surface area (Å²) in [6.07, 6.45) is 10.8. The summed E-state index contributed by atoms with van der Waals surface area (Å²) in [6, 6.07) is 14.0. The van der Waals surface area contributed by atoms with Crippen LogP contribution in [-0.2, 0) is 9.59 Å². The highest BCUT2D eigenvalue weighted by atomic mass is 16.2. The topological polar surface area (TPSA) is 128 Å². The fraction of sp³-hybridized carbons (Fsp3) is 0.489. The van der Waals surface area contributed by atoms with Gasteiger partial charge in [0.15, 0.2) is 11.6 Å². The molecule has 6 rings (SSSR count). The molecule has 2 N–H and O–H groups in total. The van der Waals surface area contributed by atoms with E-state index in [2.05, 4.69) is 44.0 Å². The van der Waals surface area contributed by atoms with Crippen LogP contribution >= 0.6 is 0 Å². The van der Waals surface area contributed by atoms with Gasteiger partial charge >= 0.3 is 0 Å². The van der Waals surface area contributed by atoms with E-state index >= 15 is 0 Å². The number of carbonyl (C=O) groups excluding carboxylic acids is 4. The standard InChI is InChI=1S/C39H50N6O2.C6H9NO2.C2H6/c1-7-8-31(25-27(2)3)40-37-13-11-36-35(41-37)12-14-38(42-36)45-19-16-30(17-20-45)15-18-43-21-23-44(24-22-43)32-9-10-33(29(6)46)34(26-32)39(47)28(4)5;1-4-2-3-5(8)7-6(4)9;1-2/h7-14,25-26,28,30H,2,15-24H2,1,3-6H3,(H,40,41);4H,2-3H2,1H3,(H,7,8,9);1-2H3/b8-7-,31-25+;;. The van der Waals surface area contributed by atoms with Crippen LogP contribution < -0.4 is 20.4 Å². The molecule has 2 aromatic heterocycles. The normalized spacial score (nSPS) is 18.0. The molecule has 3 aliphatic rings. The third kappa shape index (κ3) is 12.9. The van der Waals surface area contributed by atoms with Crippen LogP contribution in [0.25, 0.3) is 11.0 Å². The van der Waals surface area contributed by atoms with E-state index < -0.39 is 0 Å². The van der Waals surface area contributed by atoms with Crippen molar-refractivity contribution < 1.29 is 19.2 Å². The molecule has 58 heavy (non-hydrogen) atoms. The molecule has 0 saturated carbocycles. The third-order valence-electron chi connectivity index (χ3n) is 10.8. The SMILES string of the molecule is C=C(C)/C=C(\C=C/C)Nc1ccc2nc(N3CCC(CCN4CCN(c5ccc(C(C)=O)c(C(=O)C(C)C)c5)CC4)CC3)ccc2n1.CC.CC1CCC(=O)NC1=O. The number of aromatic nitrogens is 2. The van der Waals surface area contributed by atoms with Gasteiger partial charge in [0.05, 0.1) is 11.0 Å². The van der Waals surface area contributed by atoms with Gasteiger partial charge < -0.3 is 15.1 Å². The van der Waals surface area contributed by atoms with Crippen molar-refractivity contribution in [1.82, 2.24) is 20.2 Å². The predicted octanol–water partition coefficient (Wildman–Crippen LogP) is 8.63. The van der Waals surface area contributed by atoms with Gasteiger partial charge in [-0.15, -0.1) is 0 Å². The fourth-order valence-corrected chi connectivity index (χ4v) is 7.36. The monoisotopic (exact) mass is 792 g/mol. The van der Waals surface area contributed by atoms with Gasteiger partial charge in [0, 0.05) is 80.0 Å². The molecule has 3 fully saturated rings. The number of hydrogen-bond donors (Lipinski definition) is 2. The van der Waals surface area contributed by atoms with Gasteiger partial charge in [-0.05, 0) is 114 Å². The minimum Gasteiger partial charge on any atom is -0.369 e. The predicted molar refractivity (Wildman–Crippen MR) is 238 cm³/mol. The van der Waals surface area contributed by atoms with Crippen molar-refractivity contribution in [3.63, 3.8) is 0 Å². The van der Waals surface area contributed by atoms with Crippen molar-refractivity contribution in [2.45, 2.75) is 87.5 Å². The Hall–Kier alpha value is -5.16. The Morgan fingerprint density at radius 2 is 1.57 bits per heavy atom. The van der Waals surface area contributed by atoms with Gasteiger partial charge in [0.2, 0.25) is 11.8 Å². The van der Waals surface area contributed by atoms with Crippen LogP contribution in [0.5, 0.6) is 0 Å². The number of benzene rings is 1. The maximum Gasteiger partial charge on any atom is 0.229 e. The molecular weight excluding hydrogens is 727 g/mol. The van der Waals surface area contributed by atoms with E-state index in [1.54, 1.807) is 0 Å². The van der Waals surface area contributed by atoms with Crippen LogP contribution in [0.1, 0.15) is 108 Å². The lowest BCUT2D eigenvalue weighted by Gasteiger charge is -2.38. The molecule has 5 heterocycles. The number of Topliss-reactive ketones (excluding diaryl/α,β-unsaturated/α-hetero) is 2. The van der Waals surface area contributed by atoms with E-state index in [-0.39, 0.29) is 35.2 Å². The Morgan fingerprint density at radius 3 is 2.17 bits per heavy atom. The molecule has 1 aromatic carbocycles. The van der Waals surface area contributed by atoms with E-state index in [9.17, 15) is 19.2 Å². The summed E-state index contributed by atoms with van der Waals surface area (Å²) in [4.78, 5) is 63.2. The summed E-state index contributed by atoms with van der Waals surface area (Å²) in [5, 5.41) is 5.63. The van der Waals surface area contributed by atoms with Crippen molar-refractivity contribution in [2.75, 3.05) is 60.9 Å². The molecule has 11 heteroatoms. The summed E-state index contributed by atoms with van der Waals surface area (Å²) in [7, 11) is 0. The van der Waals surface area contributed by atoms with E-state index in [1.165, 1.54) is 26.2 Å². The van der Waals surface area contributed by atoms with E-state index in [0.717, 1.165) is 91.4 Å². The Labute approximate surface area is 346 Å². The van der Waals surface area contributed by atoms with E-state index in [4.69, 9.17) is 9.97 Å². The van der Waals surface area contributed by atoms with Crippen LogP contribution in [-0.4, -0.2) is 84.1 Å². The van der Waals surface area contributed by atoms with Gasteiger partial charge in [0.1, 0.15) is 11.6 Å². The number of rotatable bonds is 12. The molecule has 312 valence electrons. The molecule has 0 radical (unpaired) electrons. The quantitative estimate of drug-likeness (QED) is 0.105. The minimum absolute atomic E-state index is 0.0164. The van der Waals surface area contributed by atoms with Crippen LogP contribution in [0.3, 0.4) is 0 Å². The Bertz CT molecular complexity index is 1970. The van der Waals surface area contributed by atoms with Crippen molar-refractivity contribution >= 4 is 51.7 Å². The molecule has 0 bridgehead atoms. The highest BCUT2D eigenvalue weighted by Crippen LogP contribution is 2.28. The van der Waals surface area contributed by atoms with Gasteiger partial charge in [0.25, 0.3) is 0 Å². The first-order valence-electron chi connectivity index (χ1n) is 21.1. The second-order valence-electron chi connectivity index (χ2n) is 15.7. The molecule has 1 unspecified atom stereocenters. The fourth-order valence-electron chi connectivity index (χ4n) is 7.36. The molecule has 0 aliphatic carbocycles. The molecule has 3 saturated heterocycles. The lowest BCUT2D eigenvalue weighted by atomic mass is 9.93. The molecule has 11 nitrogen and oxygen atoms in total. The minimum atomic E-state index is -0.142. The number of nitrogens with zero attached hydrogens (tertiary/aromatic N) is 5. The third-order valence-corrected chi connectivity index (χ3v) is 10.8. The summed E-state index contributed by atoms with van der Waals surface area (Å²) in [5.41, 5.74) is 5.83. The number of ketones is 2. The second-order valence-corrected chi connectivity index (χ2v) is 15.7. The zero-order valence-electron chi connectivity index (χ0n) is 36.1. The van der Waals surface area contributed by atoms with E-state index in [1.807, 2.05) is 97.0 Å². The zero-order chi connectivity index (χ0) is 42.4. The maximum atomic E-state index is 12.8. The van der Waals surface area contributed by atoms with Crippen molar-refractivity contribution in [1.29, 1.82) is 0 Å². The summed E-state index contributed by atoms with van der Waals surface area (Å²) in [6.45, 7) is 26.1. The van der Waals surface area contributed by atoms with Crippen LogP contribution in [0.2, 0.25) is 0 Å². The number of amides is 2. The van der Waals surface area contributed by atoms with E-state index in [0.29, 0.717) is 24.0 Å². The lowest BCUT2D eigenvalue weighted by Crippen LogP contribution is -2.47. The number of carbonyl (C=O) groups is 4. The van der Waals surface area contributed by atoms with Crippen LogP contribution in [0.15, 0.2) is 78.5 Å². The number of piperidine rings is 2. The average molecular weight is 792 g/mol. The highest BCUT2D eigenvalue weighted by Gasteiger charge is 2.25. The van der Waals surface area contributed by atoms with Gasteiger partial charge in [-0.25, -0.2) is 9.97 Å². The Balaban J connectivity index is 0.000000590. The van der Waals surface area contributed by atoms with Crippen LogP contribution in [0, 0.1) is 17.8 Å². The number of anilines is 3. The maximum absolute atomic E-state index is 12.8. The smallest absolute Gasteiger partial charge is 0.229 e. The van der Waals surface area contributed by atoms with Crippen molar-refractivity contribution in [3.05, 3.63) is 89.7 Å². The number of allylic oxidation sites excluding steroid dienone is 4. The molecule has 2 amide bonds. The number of hydrogen-bond acceptors (Lipinski definition) is 10. The van der Waals surface area contributed by atoms with Crippen LogP contribution in [0.4, 0.5) is 17.3 Å². The number of fused-ring (bicyclic) bond motifs is 1. The first-order chi connectivity index (χ1) is 27.8. The molecule has 3 aromatic rings. The molecule has 3 aliphatic heterocycles. The first-order valence-corrected chi connectivity index (χ1v) is 21.1. The number of piperazine rings is 1. The van der Waals surface area contributed by atoms with Gasteiger partial charge in [-0.1, -0.05) is 52.8 Å². The Morgan fingerprint density at radius 1 is 0.897 bits per heavy atom. The Kier molecular flexibility index (Phi) is 17.4. The summed E-state index contributed by atoms with van der Waals surface area (Å²) >= 11 is 0. The number of nitrogens with one attached hydrogen (secondary N) is 2. The average Bonchev–Trinajstić information content (AvgIpc) is 3.22. The molecule has 1 atom stereocenters. The summed E-state index contributed by atoms with van der Waals surface area (Å²) < 4.78 is 0. The molecular formula is C47H65N7O4. The van der Waals surface area contributed by atoms with Gasteiger partial charge in [-0.3, -0.25) is 29.4 Å². The van der Waals surface area contributed by atoms with Gasteiger partial charge in [-0.2, -0.15) is 0 Å². The van der Waals surface area contributed by atoms with Crippen molar-refractivity contribution in [2.24, 2.45) is 17.8 Å². The number of pyridine rings is 2.